The number of rotatable bonds is 8. The molecule has 1 aliphatic rings. The molecule has 33 heavy (non-hydrogen) atoms. The van der Waals surface area contributed by atoms with Crippen molar-refractivity contribution < 1.29 is 19.0 Å². The number of hydrogen-bond donors (Lipinski definition) is 3. The van der Waals surface area contributed by atoms with Gasteiger partial charge in [0.05, 0.1) is 24.4 Å². The van der Waals surface area contributed by atoms with Gasteiger partial charge in [0.25, 0.3) is 0 Å². The van der Waals surface area contributed by atoms with E-state index in [0.717, 1.165) is 25.0 Å². The Morgan fingerprint density at radius 3 is 2.82 bits per heavy atom. The lowest BCUT2D eigenvalue weighted by Crippen LogP contribution is -2.52. The van der Waals surface area contributed by atoms with Crippen molar-refractivity contribution >= 4 is 11.7 Å². The third-order valence-corrected chi connectivity index (χ3v) is 5.69. The van der Waals surface area contributed by atoms with Gasteiger partial charge < -0.3 is 20.5 Å². The Morgan fingerprint density at radius 1 is 1.18 bits per heavy atom. The third-order valence-electron chi connectivity index (χ3n) is 5.69. The van der Waals surface area contributed by atoms with Crippen molar-refractivity contribution in [3.63, 3.8) is 0 Å². The first-order valence-corrected chi connectivity index (χ1v) is 11.1. The van der Waals surface area contributed by atoms with Crippen LogP contribution in [0.5, 0.6) is 0 Å². The van der Waals surface area contributed by atoms with Crippen LogP contribution in [0.1, 0.15) is 30.5 Å². The highest BCUT2D eigenvalue weighted by atomic mass is 19.1. The van der Waals surface area contributed by atoms with Gasteiger partial charge in [0.15, 0.2) is 0 Å². The van der Waals surface area contributed by atoms with Crippen molar-refractivity contribution in [1.29, 1.82) is 0 Å². The van der Waals surface area contributed by atoms with Gasteiger partial charge in [0.2, 0.25) is 0 Å². The number of ether oxygens (including phenoxy) is 1. The first-order chi connectivity index (χ1) is 16.1. The van der Waals surface area contributed by atoms with Gasteiger partial charge in [0, 0.05) is 24.8 Å². The monoisotopic (exact) mass is 453 g/mol. The summed E-state index contributed by atoms with van der Waals surface area (Å²) < 4.78 is 21.1. The zero-order valence-electron chi connectivity index (χ0n) is 18.2. The molecular weight excluding hydrogens is 425 g/mol. The van der Waals surface area contributed by atoms with E-state index in [1.165, 1.54) is 23.8 Å². The van der Waals surface area contributed by atoms with Gasteiger partial charge in [-0.05, 0) is 43.0 Å². The number of halogens is 1. The second kappa shape index (κ2) is 11.0. The van der Waals surface area contributed by atoms with E-state index >= 15 is 0 Å². The van der Waals surface area contributed by atoms with Crippen LogP contribution in [0.4, 0.5) is 14.9 Å². The first kappa shape index (κ1) is 22.9. The number of urea groups is 1. The third kappa shape index (κ3) is 6.59. The summed E-state index contributed by atoms with van der Waals surface area (Å²) in [6.07, 6.45) is 4.27. The number of nitrogens with zero attached hydrogens (tertiary/aromatic N) is 3. The maximum Gasteiger partial charge on any atom is 0.319 e. The lowest BCUT2D eigenvalue weighted by molar-refractivity contribution is -0.0905. The fourth-order valence-electron chi connectivity index (χ4n) is 4.02. The number of benzene rings is 2. The summed E-state index contributed by atoms with van der Waals surface area (Å²) >= 11 is 0. The minimum atomic E-state index is -0.508. The standard InChI is InChI=1S/C24H28FN5O3/c25-18-7-4-8-19(14-18)26-24(32)27-22-10-9-21(33-23(22)16-31)11-12-30-15-20(28-29-30)13-17-5-2-1-3-6-17/h1-8,14-15,21-23,31H,9-13,16H2,(H2,26,27,32)/t21-,22-,23+/m0/s1. The van der Waals surface area contributed by atoms with Gasteiger partial charge in [-0.2, -0.15) is 0 Å². The van der Waals surface area contributed by atoms with E-state index in [4.69, 9.17) is 4.74 Å². The van der Waals surface area contributed by atoms with Crippen molar-refractivity contribution in [3.05, 3.63) is 77.9 Å². The van der Waals surface area contributed by atoms with Crippen LogP contribution in [0, 0.1) is 5.82 Å². The molecule has 0 aliphatic carbocycles. The molecule has 0 unspecified atom stereocenters. The molecule has 0 spiro atoms. The predicted octanol–water partition coefficient (Wildman–Crippen LogP) is 3.13. The maximum atomic E-state index is 13.3. The van der Waals surface area contributed by atoms with Crippen LogP contribution in [-0.4, -0.2) is 51.0 Å². The van der Waals surface area contributed by atoms with Crippen LogP contribution in [0.3, 0.4) is 0 Å². The number of carbonyl (C=O) groups excluding carboxylic acids is 1. The van der Waals surface area contributed by atoms with Gasteiger partial charge in [0.1, 0.15) is 11.9 Å². The summed E-state index contributed by atoms with van der Waals surface area (Å²) in [6, 6.07) is 15.0. The summed E-state index contributed by atoms with van der Waals surface area (Å²) in [4.78, 5) is 12.3. The normalized spacial score (nSPS) is 20.4. The smallest absolute Gasteiger partial charge is 0.319 e. The van der Waals surface area contributed by atoms with E-state index < -0.39 is 18.0 Å². The van der Waals surface area contributed by atoms with Crippen molar-refractivity contribution in [1.82, 2.24) is 20.3 Å². The number of aliphatic hydroxyl groups excluding tert-OH is 1. The molecule has 1 fully saturated rings. The average molecular weight is 454 g/mol. The van der Waals surface area contributed by atoms with Gasteiger partial charge in [-0.1, -0.05) is 41.6 Å². The Kier molecular flexibility index (Phi) is 7.64. The highest BCUT2D eigenvalue weighted by Crippen LogP contribution is 2.23. The minimum Gasteiger partial charge on any atom is -0.394 e. The SMILES string of the molecule is O=C(Nc1cccc(F)c1)N[C@H]1CC[C@@H](CCn2cc(Cc3ccccc3)nn2)O[C@@H]1CO. The molecule has 2 aromatic carbocycles. The van der Waals surface area contributed by atoms with Crippen molar-refractivity contribution in [2.24, 2.45) is 0 Å². The molecule has 1 aliphatic heterocycles. The minimum absolute atomic E-state index is 0.0479. The van der Waals surface area contributed by atoms with Crippen LogP contribution >= 0.6 is 0 Å². The van der Waals surface area contributed by atoms with Crippen LogP contribution in [0.2, 0.25) is 0 Å². The number of anilines is 1. The fraction of sp³-hybridized carbons (Fsp3) is 0.375. The van der Waals surface area contributed by atoms with Crippen LogP contribution in [-0.2, 0) is 17.7 Å². The molecule has 174 valence electrons. The number of aryl methyl sites for hydroxylation is 1. The summed E-state index contributed by atoms with van der Waals surface area (Å²) in [6.45, 7) is 0.453. The second-order valence-electron chi connectivity index (χ2n) is 8.20. The molecule has 9 heteroatoms. The first-order valence-electron chi connectivity index (χ1n) is 11.1. The molecule has 8 nitrogen and oxygen atoms in total. The summed E-state index contributed by atoms with van der Waals surface area (Å²) in [5.41, 5.74) is 2.46. The highest BCUT2D eigenvalue weighted by Gasteiger charge is 2.31. The van der Waals surface area contributed by atoms with E-state index in [-0.39, 0.29) is 18.8 Å². The van der Waals surface area contributed by atoms with Gasteiger partial charge in [-0.25, -0.2) is 9.18 Å². The topological polar surface area (TPSA) is 101 Å². The van der Waals surface area contributed by atoms with Crippen LogP contribution in [0.15, 0.2) is 60.8 Å². The van der Waals surface area contributed by atoms with Crippen LogP contribution in [0.25, 0.3) is 0 Å². The summed E-state index contributed by atoms with van der Waals surface area (Å²) in [5, 5.41) is 23.7. The Balaban J connectivity index is 1.23. The largest absolute Gasteiger partial charge is 0.394 e. The highest BCUT2D eigenvalue weighted by molar-refractivity contribution is 5.89. The predicted molar refractivity (Wildman–Crippen MR) is 121 cm³/mol. The van der Waals surface area contributed by atoms with Crippen LogP contribution < -0.4 is 10.6 Å². The Bertz CT molecular complexity index is 1050. The maximum absolute atomic E-state index is 13.3. The number of aromatic nitrogens is 3. The molecule has 3 atom stereocenters. The lowest BCUT2D eigenvalue weighted by Gasteiger charge is -2.36. The van der Waals surface area contributed by atoms with E-state index in [1.807, 2.05) is 29.1 Å². The van der Waals surface area contributed by atoms with Gasteiger partial charge >= 0.3 is 6.03 Å². The Labute approximate surface area is 191 Å². The van der Waals surface area contributed by atoms with Gasteiger partial charge in [-0.3, -0.25) is 4.68 Å². The molecule has 0 radical (unpaired) electrons. The molecule has 3 N–H and O–H groups in total. The molecule has 3 aromatic rings. The number of carbonyl (C=O) groups is 1. The van der Waals surface area contributed by atoms with Crippen molar-refractivity contribution in [2.75, 3.05) is 11.9 Å². The summed E-state index contributed by atoms with van der Waals surface area (Å²) in [5.74, 6) is -0.426. The molecule has 1 saturated heterocycles. The summed E-state index contributed by atoms with van der Waals surface area (Å²) in [7, 11) is 0. The molecule has 0 bridgehead atoms. The molecular formula is C24H28FN5O3. The number of amides is 2. The Hall–Kier alpha value is -3.30. The quantitative estimate of drug-likeness (QED) is 0.487. The van der Waals surface area contributed by atoms with E-state index in [0.29, 0.717) is 18.7 Å². The number of aliphatic hydroxyl groups is 1. The van der Waals surface area contributed by atoms with Crippen molar-refractivity contribution in [2.45, 2.75) is 50.5 Å². The molecule has 2 heterocycles. The van der Waals surface area contributed by atoms with E-state index in [2.05, 4.69) is 33.1 Å². The Morgan fingerprint density at radius 2 is 2.03 bits per heavy atom. The molecule has 1 aromatic heterocycles. The molecule has 0 saturated carbocycles. The molecule has 4 rings (SSSR count). The lowest BCUT2D eigenvalue weighted by atomic mass is 9.97. The number of nitrogens with one attached hydrogen (secondary N) is 2. The zero-order valence-corrected chi connectivity index (χ0v) is 18.2. The number of hydrogen-bond acceptors (Lipinski definition) is 5. The van der Waals surface area contributed by atoms with E-state index in [1.54, 1.807) is 6.07 Å². The zero-order chi connectivity index (χ0) is 23.0. The van der Waals surface area contributed by atoms with Gasteiger partial charge in [-0.15, -0.1) is 5.10 Å². The van der Waals surface area contributed by atoms with Crippen molar-refractivity contribution in [3.8, 4) is 0 Å². The average Bonchev–Trinajstić information content (AvgIpc) is 3.26. The van der Waals surface area contributed by atoms with E-state index in [9.17, 15) is 14.3 Å². The fourth-order valence-corrected chi connectivity index (χ4v) is 4.02. The second-order valence-corrected chi connectivity index (χ2v) is 8.20. The molecule has 2 amide bonds.